The quantitative estimate of drug-likeness (QED) is 0.105. The molecule has 1 unspecified atom stereocenters. The van der Waals surface area contributed by atoms with Crippen LogP contribution in [0.5, 0.6) is 0 Å². The topological polar surface area (TPSA) is 175 Å². The van der Waals surface area contributed by atoms with Crippen molar-refractivity contribution in [2.24, 2.45) is 5.92 Å². The van der Waals surface area contributed by atoms with Crippen LogP contribution in [0.2, 0.25) is 0 Å². The van der Waals surface area contributed by atoms with E-state index in [0.717, 1.165) is 75.7 Å². The Labute approximate surface area is 354 Å². The van der Waals surface area contributed by atoms with Gasteiger partial charge >= 0.3 is 12.2 Å². The molecule has 3 aromatic carbocycles. The number of hydrogen-bond donors (Lipinski definition) is 4. The Bertz CT molecular complexity index is 2520. The molecule has 8 rings (SSSR count). The molecule has 4 amide bonds. The molecule has 316 valence electrons. The van der Waals surface area contributed by atoms with Crippen molar-refractivity contribution in [1.29, 1.82) is 0 Å². The van der Waals surface area contributed by atoms with E-state index in [-0.39, 0.29) is 23.8 Å². The number of methoxy groups -OCH3 is 2. The van der Waals surface area contributed by atoms with E-state index in [4.69, 9.17) is 19.4 Å². The van der Waals surface area contributed by atoms with Crippen molar-refractivity contribution in [3.05, 3.63) is 109 Å². The van der Waals surface area contributed by atoms with Gasteiger partial charge < -0.3 is 39.9 Å². The van der Waals surface area contributed by atoms with Crippen LogP contribution in [0.3, 0.4) is 0 Å². The zero-order valence-corrected chi connectivity index (χ0v) is 35.2. The molecule has 2 saturated heterocycles. The lowest BCUT2D eigenvalue weighted by molar-refractivity contribution is -0.138. The summed E-state index contributed by atoms with van der Waals surface area (Å²) in [5.74, 6) is 0.973. The van der Waals surface area contributed by atoms with E-state index in [1.807, 2.05) is 56.3 Å². The first-order chi connectivity index (χ1) is 29.5. The number of allylic oxidation sites excluding steroid dienone is 2. The zero-order valence-electron chi connectivity index (χ0n) is 35.2. The standard InChI is InChI=1S/C47H52N8O6/c1-28(2)39(52-45(58)60-4)43(57)55-23-9-21-47(55,3)44-49-27-37(51-44)35-20-19-33-24-32(17-18-34(33)25-35)29-13-15-30(16-14-29)36-26-48-41(50-36)38-12-8-22-54(38)42(56)40(53-46(59)61-5)31-10-6-7-11-31/h6,10-11,13-20,24-28,38-40H,7-9,12,21-23H2,1-5H3,(H,48,50)(H,49,51)(H,52,58)(H,53,59)/t38-,39-,40?,47-/m0/s1. The maximum absolute atomic E-state index is 13.8. The van der Waals surface area contributed by atoms with E-state index in [9.17, 15) is 19.2 Å². The third kappa shape index (κ3) is 8.14. The molecule has 0 radical (unpaired) electrons. The van der Waals surface area contributed by atoms with Gasteiger partial charge in [0, 0.05) is 18.7 Å². The number of H-pyrrole nitrogens is 2. The molecule has 2 aliphatic heterocycles. The molecule has 61 heavy (non-hydrogen) atoms. The SMILES string of the molecule is COC(=O)NC(C(=O)N1CCC[C@H]1c1ncc(-c2ccc(-c3ccc4cc(-c5cnc([C@]6(C)CCCN6C(=O)[C@@H](NC(=O)OC)C(C)C)[nH]5)ccc4c3)cc2)[nH]1)C1=CCC=C1. The van der Waals surface area contributed by atoms with Crippen LogP contribution in [0.4, 0.5) is 9.59 Å². The number of nitrogens with one attached hydrogen (secondary N) is 4. The second-order valence-corrected chi connectivity index (χ2v) is 16.5. The number of aromatic nitrogens is 4. The summed E-state index contributed by atoms with van der Waals surface area (Å²) < 4.78 is 9.62. The molecule has 4 heterocycles. The number of imidazole rings is 2. The van der Waals surface area contributed by atoms with Crippen LogP contribution in [0.15, 0.2) is 96.9 Å². The number of likely N-dealkylation sites (tertiary alicyclic amines) is 2. The Morgan fingerprint density at radius 3 is 2.15 bits per heavy atom. The van der Waals surface area contributed by atoms with Gasteiger partial charge in [-0.2, -0.15) is 0 Å². The van der Waals surface area contributed by atoms with Gasteiger partial charge in [-0.1, -0.05) is 80.6 Å². The third-order valence-electron chi connectivity index (χ3n) is 12.3. The Hall–Kier alpha value is -6.70. The van der Waals surface area contributed by atoms with Crippen molar-refractivity contribution in [1.82, 2.24) is 40.4 Å². The highest BCUT2D eigenvalue weighted by Crippen LogP contribution is 2.39. The molecule has 4 atom stereocenters. The predicted octanol–water partition coefficient (Wildman–Crippen LogP) is 7.78. The third-order valence-corrected chi connectivity index (χ3v) is 12.3. The Morgan fingerprint density at radius 1 is 0.787 bits per heavy atom. The fraction of sp³-hybridized carbons (Fsp3) is 0.362. The summed E-state index contributed by atoms with van der Waals surface area (Å²) >= 11 is 0. The van der Waals surface area contributed by atoms with E-state index < -0.39 is 29.8 Å². The first kappa shape index (κ1) is 41.1. The van der Waals surface area contributed by atoms with Crippen molar-refractivity contribution >= 4 is 34.8 Å². The predicted molar refractivity (Wildman–Crippen MR) is 232 cm³/mol. The number of carbonyl (C=O) groups excluding carboxylic acids is 4. The zero-order chi connectivity index (χ0) is 42.8. The molecular formula is C47H52N8O6. The van der Waals surface area contributed by atoms with Gasteiger partial charge in [0.05, 0.1) is 49.6 Å². The van der Waals surface area contributed by atoms with E-state index >= 15 is 0 Å². The van der Waals surface area contributed by atoms with Gasteiger partial charge in [0.25, 0.3) is 5.91 Å². The van der Waals surface area contributed by atoms with Gasteiger partial charge in [-0.05, 0) is 90.1 Å². The molecule has 1 aliphatic carbocycles. The lowest BCUT2D eigenvalue weighted by Crippen LogP contribution is -2.55. The summed E-state index contributed by atoms with van der Waals surface area (Å²) in [5.41, 5.74) is 5.95. The first-order valence-electron chi connectivity index (χ1n) is 20.9. The van der Waals surface area contributed by atoms with Gasteiger partial charge in [-0.3, -0.25) is 9.59 Å². The molecule has 5 aromatic rings. The average Bonchev–Trinajstić information content (AvgIpc) is 4.14. The lowest BCUT2D eigenvalue weighted by atomic mass is 9.95. The van der Waals surface area contributed by atoms with Crippen LogP contribution in [-0.4, -0.2) is 93.1 Å². The molecule has 2 aromatic heterocycles. The molecule has 2 fully saturated rings. The fourth-order valence-electron chi connectivity index (χ4n) is 8.89. The minimum Gasteiger partial charge on any atom is -0.453 e. The lowest BCUT2D eigenvalue weighted by Gasteiger charge is -2.37. The second-order valence-electron chi connectivity index (χ2n) is 16.5. The maximum Gasteiger partial charge on any atom is 0.407 e. The summed E-state index contributed by atoms with van der Waals surface area (Å²) in [5, 5.41) is 7.63. The monoisotopic (exact) mass is 824 g/mol. The van der Waals surface area contributed by atoms with Gasteiger partial charge in [-0.25, -0.2) is 19.6 Å². The molecule has 14 heteroatoms. The van der Waals surface area contributed by atoms with Crippen molar-refractivity contribution in [3.63, 3.8) is 0 Å². The molecular weight excluding hydrogens is 773 g/mol. The minimum atomic E-state index is -0.823. The minimum absolute atomic E-state index is 0.122. The van der Waals surface area contributed by atoms with E-state index in [1.165, 1.54) is 14.2 Å². The van der Waals surface area contributed by atoms with Crippen molar-refractivity contribution < 1.29 is 28.7 Å². The number of rotatable bonds is 11. The van der Waals surface area contributed by atoms with E-state index in [2.05, 4.69) is 81.3 Å². The van der Waals surface area contributed by atoms with E-state index in [1.54, 1.807) is 4.90 Å². The normalized spacial score (nSPS) is 19.6. The Balaban J connectivity index is 0.951. The number of ether oxygens (including phenoxy) is 2. The van der Waals surface area contributed by atoms with Gasteiger partial charge in [0.1, 0.15) is 23.7 Å². The summed E-state index contributed by atoms with van der Waals surface area (Å²) in [6.07, 6.45) is 12.0. The van der Waals surface area contributed by atoms with Crippen LogP contribution < -0.4 is 10.6 Å². The van der Waals surface area contributed by atoms with Gasteiger partial charge in [-0.15, -0.1) is 0 Å². The highest BCUT2D eigenvalue weighted by molar-refractivity contribution is 5.92. The van der Waals surface area contributed by atoms with Crippen LogP contribution in [0.1, 0.15) is 70.6 Å². The highest BCUT2D eigenvalue weighted by Gasteiger charge is 2.46. The summed E-state index contributed by atoms with van der Waals surface area (Å²) in [6, 6.07) is 19.3. The van der Waals surface area contributed by atoms with Crippen molar-refractivity contribution in [2.45, 2.75) is 76.5 Å². The van der Waals surface area contributed by atoms with Crippen LogP contribution in [0.25, 0.3) is 44.4 Å². The number of hydrogen-bond acceptors (Lipinski definition) is 8. The number of alkyl carbamates (subject to hydrolysis) is 2. The molecule has 0 saturated carbocycles. The first-order valence-corrected chi connectivity index (χ1v) is 20.9. The summed E-state index contributed by atoms with van der Waals surface area (Å²) in [4.78, 5) is 72.0. The summed E-state index contributed by atoms with van der Waals surface area (Å²) in [7, 11) is 2.58. The van der Waals surface area contributed by atoms with E-state index in [0.29, 0.717) is 31.2 Å². The fourth-order valence-corrected chi connectivity index (χ4v) is 8.89. The number of fused-ring (bicyclic) bond motifs is 1. The second kappa shape index (κ2) is 17.1. The Morgan fingerprint density at radius 2 is 1.44 bits per heavy atom. The average molecular weight is 825 g/mol. The smallest absolute Gasteiger partial charge is 0.407 e. The molecule has 4 N–H and O–H groups in total. The maximum atomic E-state index is 13.8. The number of aromatic amines is 2. The van der Waals surface area contributed by atoms with Gasteiger partial charge in [0.2, 0.25) is 5.91 Å². The van der Waals surface area contributed by atoms with Crippen molar-refractivity contribution in [2.75, 3.05) is 27.3 Å². The molecule has 3 aliphatic rings. The molecule has 0 spiro atoms. The number of benzene rings is 3. The van der Waals surface area contributed by atoms with Crippen LogP contribution in [-0.2, 0) is 24.6 Å². The van der Waals surface area contributed by atoms with Gasteiger partial charge in [0.15, 0.2) is 0 Å². The highest BCUT2D eigenvalue weighted by atomic mass is 16.5. The molecule has 0 bridgehead atoms. The van der Waals surface area contributed by atoms with Crippen molar-refractivity contribution in [3.8, 4) is 33.6 Å². The Kier molecular flexibility index (Phi) is 11.5. The summed E-state index contributed by atoms with van der Waals surface area (Å²) in [6.45, 7) is 6.99. The number of amides is 4. The number of nitrogens with zero attached hydrogens (tertiary/aromatic N) is 4. The largest absolute Gasteiger partial charge is 0.453 e. The van der Waals surface area contributed by atoms with Crippen LogP contribution >= 0.6 is 0 Å². The van der Waals surface area contributed by atoms with Crippen LogP contribution in [0, 0.1) is 5.92 Å². The molecule has 14 nitrogen and oxygen atoms in total. The number of carbonyl (C=O) groups is 4.